The fourth-order valence-electron chi connectivity index (χ4n) is 0.874. The van der Waals surface area contributed by atoms with Crippen LogP contribution >= 0.6 is 0 Å². The number of rotatable bonds is 4. The molecule has 0 aliphatic carbocycles. The van der Waals surface area contributed by atoms with Crippen LogP contribution in [-0.4, -0.2) is 13.6 Å². The van der Waals surface area contributed by atoms with Gasteiger partial charge in [-0.3, -0.25) is 0 Å². The van der Waals surface area contributed by atoms with Crippen molar-refractivity contribution < 1.29 is 8.78 Å². The van der Waals surface area contributed by atoms with Crippen LogP contribution in [0.15, 0.2) is 23.3 Å². The van der Waals surface area contributed by atoms with Crippen molar-refractivity contribution in [3.05, 3.63) is 23.3 Å². The Balaban J connectivity index is 4.65. The summed E-state index contributed by atoms with van der Waals surface area (Å²) in [5, 5.41) is 2.72. The third-order valence-electron chi connectivity index (χ3n) is 1.53. The molecule has 0 aromatic carbocycles. The fraction of sp³-hybridized carbons (Fsp3) is 0.556. The van der Waals surface area contributed by atoms with Crippen molar-refractivity contribution in [3.8, 4) is 0 Å². The normalized spacial score (nSPS) is 14.6. The minimum Gasteiger partial charge on any atom is -0.315 e. The molecule has 0 aromatic rings. The van der Waals surface area contributed by atoms with Crippen LogP contribution in [0.2, 0.25) is 0 Å². The van der Waals surface area contributed by atoms with Crippen LogP contribution in [0.5, 0.6) is 0 Å². The Morgan fingerprint density at radius 1 is 1.42 bits per heavy atom. The zero-order valence-electron chi connectivity index (χ0n) is 7.75. The number of allylic oxidation sites excluding steroid dienone is 2. The third kappa shape index (κ3) is 3.13. The topological polar surface area (TPSA) is 12.0 Å². The molecule has 0 saturated carbocycles. The van der Waals surface area contributed by atoms with Gasteiger partial charge in [-0.15, -0.1) is 0 Å². The molecule has 0 amide bonds. The molecule has 0 radical (unpaired) electrons. The van der Waals surface area contributed by atoms with E-state index in [1.807, 2.05) is 0 Å². The summed E-state index contributed by atoms with van der Waals surface area (Å²) in [4.78, 5) is 0. The Morgan fingerprint density at radius 3 is 2.33 bits per heavy atom. The molecule has 0 heterocycles. The maximum Gasteiger partial charge on any atom is 0.126 e. The van der Waals surface area contributed by atoms with Gasteiger partial charge < -0.3 is 5.32 Å². The van der Waals surface area contributed by atoms with E-state index in [0.29, 0.717) is 0 Å². The van der Waals surface area contributed by atoms with Gasteiger partial charge in [-0.05, 0) is 20.4 Å². The van der Waals surface area contributed by atoms with Gasteiger partial charge in [0.1, 0.15) is 11.7 Å². The predicted octanol–water partition coefficient (Wildman–Crippen LogP) is 2.71. The molecule has 3 heteroatoms. The molecule has 1 N–H and O–H groups in total. The van der Waals surface area contributed by atoms with Crippen LogP contribution in [0.4, 0.5) is 8.78 Å². The van der Waals surface area contributed by atoms with E-state index in [1.165, 1.54) is 6.08 Å². The van der Waals surface area contributed by atoms with Gasteiger partial charge in [0.25, 0.3) is 0 Å². The Kier molecular flexibility index (Phi) is 5.54. The van der Waals surface area contributed by atoms with Crippen molar-refractivity contribution in [1.82, 2.24) is 5.32 Å². The van der Waals surface area contributed by atoms with Crippen LogP contribution in [-0.2, 0) is 0 Å². The lowest BCUT2D eigenvalue weighted by atomic mass is 10.1. The highest BCUT2D eigenvalue weighted by Gasteiger charge is 2.08. The van der Waals surface area contributed by atoms with Crippen molar-refractivity contribution in [3.63, 3.8) is 0 Å². The minimum atomic E-state index is -0.483. The lowest BCUT2D eigenvalue weighted by Gasteiger charge is -2.05. The second-order valence-electron chi connectivity index (χ2n) is 2.40. The van der Waals surface area contributed by atoms with E-state index in [0.717, 1.165) is 0 Å². The van der Waals surface area contributed by atoms with Crippen LogP contribution in [0.3, 0.4) is 0 Å². The maximum absolute atomic E-state index is 13.0. The molecular weight excluding hydrogens is 160 g/mol. The summed E-state index contributed by atoms with van der Waals surface area (Å²) in [6.07, 6.45) is 1.50. The standard InChI is InChI=1S/C9H15F2N/c1-4-8(10)7(6-12-3)9(11)5-2/h4,12H,5-6H2,1-3H3/b8-4+,9-7+. The lowest BCUT2D eigenvalue weighted by molar-refractivity contribution is 0.558. The molecule has 0 atom stereocenters. The van der Waals surface area contributed by atoms with E-state index in [9.17, 15) is 8.78 Å². The zero-order valence-corrected chi connectivity index (χ0v) is 7.75. The molecule has 0 bridgehead atoms. The van der Waals surface area contributed by atoms with Crippen molar-refractivity contribution in [2.45, 2.75) is 20.3 Å². The van der Waals surface area contributed by atoms with E-state index < -0.39 is 5.83 Å². The quantitative estimate of drug-likeness (QED) is 0.648. The summed E-state index contributed by atoms with van der Waals surface area (Å²) < 4.78 is 25.9. The smallest absolute Gasteiger partial charge is 0.126 e. The third-order valence-corrected chi connectivity index (χ3v) is 1.53. The van der Waals surface area contributed by atoms with E-state index >= 15 is 0 Å². The Bertz CT molecular complexity index is 195. The molecule has 0 aromatic heterocycles. The van der Waals surface area contributed by atoms with Gasteiger partial charge >= 0.3 is 0 Å². The van der Waals surface area contributed by atoms with E-state index in [1.54, 1.807) is 20.9 Å². The van der Waals surface area contributed by atoms with E-state index in [-0.39, 0.29) is 24.4 Å². The van der Waals surface area contributed by atoms with Crippen molar-refractivity contribution in [1.29, 1.82) is 0 Å². The summed E-state index contributed by atoms with van der Waals surface area (Å²) >= 11 is 0. The lowest BCUT2D eigenvalue weighted by Crippen LogP contribution is -2.12. The highest BCUT2D eigenvalue weighted by molar-refractivity contribution is 5.28. The molecule has 0 saturated heterocycles. The van der Waals surface area contributed by atoms with Crippen molar-refractivity contribution >= 4 is 0 Å². The first-order valence-corrected chi connectivity index (χ1v) is 4.01. The summed E-state index contributed by atoms with van der Waals surface area (Å²) in [6, 6.07) is 0. The molecule has 0 rings (SSSR count). The molecule has 70 valence electrons. The predicted molar refractivity (Wildman–Crippen MR) is 47.2 cm³/mol. The number of hydrogen-bond donors (Lipinski definition) is 1. The Labute approximate surface area is 72.2 Å². The first-order chi connectivity index (χ1) is 5.67. The molecule has 1 nitrogen and oxygen atoms in total. The summed E-state index contributed by atoms with van der Waals surface area (Å²) in [7, 11) is 1.66. The van der Waals surface area contributed by atoms with Crippen LogP contribution in [0, 0.1) is 0 Å². The molecule has 0 spiro atoms. The van der Waals surface area contributed by atoms with Crippen molar-refractivity contribution in [2.24, 2.45) is 0 Å². The second-order valence-corrected chi connectivity index (χ2v) is 2.40. The molecule has 0 aliphatic heterocycles. The molecule has 0 fully saturated rings. The minimum absolute atomic E-state index is 0.127. The second kappa shape index (κ2) is 5.89. The monoisotopic (exact) mass is 175 g/mol. The van der Waals surface area contributed by atoms with Gasteiger partial charge in [-0.1, -0.05) is 13.0 Å². The first kappa shape index (κ1) is 11.3. The summed E-state index contributed by atoms with van der Waals surface area (Å²) in [6.45, 7) is 3.44. The van der Waals surface area contributed by atoms with Crippen LogP contribution < -0.4 is 5.32 Å². The molecule has 12 heavy (non-hydrogen) atoms. The summed E-state index contributed by atoms with van der Waals surface area (Å²) in [5.74, 6) is -0.872. The fourth-order valence-corrected chi connectivity index (χ4v) is 0.874. The summed E-state index contributed by atoms with van der Waals surface area (Å²) in [5.41, 5.74) is 0.127. The average Bonchev–Trinajstić information content (AvgIpc) is 2.11. The Morgan fingerprint density at radius 2 is 2.00 bits per heavy atom. The maximum atomic E-state index is 13.0. The van der Waals surface area contributed by atoms with Gasteiger partial charge in [0.15, 0.2) is 0 Å². The SMILES string of the molecule is C/C=C(F)\C(CNC)=C(\F)CC. The van der Waals surface area contributed by atoms with Crippen LogP contribution in [0.1, 0.15) is 20.3 Å². The van der Waals surface area contributed by atoms with Gasteiger partial charge in [-0.25, -0.2) is 8.78 Å². The van der Waals surface area contributed by atoms with Gasteiger partial charge in [0.05, 0.1) is 0 Å². The number of halogens is 2. The largest absolute Gasteiger partial charge is 0.315 e. The van der Waals surface area contributed by atoms with E-state index in [2.05, 4.69) is 5.32 Å². The first-order valence-electron chi connectivity index (χ1n) is 4.01. The molecular formula is C9H15F2N. The highest BCUT2D eigenvalue weighted by atomic mass is 19.1. The average molecular weight is 175 g/mol. The molecule has 0 unspecified atom stereocenters. The van der Waals surface area contributed by atoms with Gasteiger partial charge in [-0.2, -0.15) is 0 Å². The highest BCUT2D eigenvalue weighted by Crippen LogP contribution is 2.18. The van der Waals surface area contributed by atoms with Crippen LogP contribution in [0.25, 0.3) is 0 Å². The van der Waals surface area contributed by atoms with E-state index in [4.69, 9.17) is 0 Å². The van der Waals surface area contributed by atoms with Gasteiger partial charge in [0, 0.05) is 12.1 Å². The van der Waals surface area contributed by atoms with Gasteiger partial charge in [0.2, 0.25) is 0 Å². The number of hydrogen-bond acceptors (Lipinski definition) is 1. The number of likely N-dealkylation sites (N-methyl/N-ethyl adjacent to an activating group) is 1. The zero-order chi connectivity index (χ0) is 9.56. The number of nitrogens with one attached hydrogen (secondary N) is 1. The molecule has 0 aliphatic rings. The Hall–Kier alpha value is -0.700. The van der Waals surface area contributed by atoms with Crippen molar-refractivity contribution in [2.75, 3.05) is 13.6 Å².